The summed E-state index contributed by atoms with van der Waals surface area (Å²) in [7, 11) is 0. The number of carbonyl (C=O) groups is 1. The van der Waals surface area contributed by atoms with Gasteiger partial charge in [-0.1, -0.05) is 0 Å². The van der Waals surface area contributed by atoms with Crippen molar-refractivity contribution in [2.24, 2.45) is 0 Å². The fourth-order valence-electron chi connectivity index (χ4n) is 1.36. The molecule has 1 heterocycles. The van der Waals surface area contributed by atoms with Gasteiger partial charge in [-0.25, -0.2) is 4.98 Å². The van der Waals surface area contributed by atoms with Gasteiger partial charge in [-0.05, 0) is 12.1 Å². The molecule has 88 valence electrons. The third-order valence-electron chi connectivity index (χ3n) is 2.22. The van der Waals surface area contributed by atoms with Crippen LogP contribution in [0, 0.1) is 0 Å². The first kappa shape index (κ1) is 11.0. The van der Waals surface area contributed by atoms with Crippen LogP contribution in [0.25, 0.3) is 0 Å². The average Bonchev–Trinajstić information content (AvgIpc) is 2.78. The van der Waals surface area contributed by atoms with Crippen LogP contribution in [0.15, 0.2) is 30.7 Å². The summed E-state index contributed by atoms with van der Waals surface area (Å²) in [5, 5.41) is 21.2. The number of hydrogen-bond acceptors (Lipinski definition) is 4. The van der Waals surface area contributed by atoms with E-state index in [1.807, 2.05) is 0 Å². The molecule has 0 aliphatic heterocycles. The number of hydrogen-bond donors (Lipinski definition) is 4. The molecule has 6 nitrogen and oxygen atoms in total. The molecule has 0 bridgehead atoms. The van der Waals surface area contributed by atoms with E-state index < -0.39 is 5.91 Å². The maximum absolute atomic E-state index is 11.7. The van der Waals surface area contributed by atoms with E-state index in [1.54, 1.807) is 6.20 Å². The van der Waals surface area contributed by atoms with Gasteiger partial charge in [0.15, 0.2) is 0 Å². The van der Waals surface area contributed by atoms with Crippen molar-refractivity contribution in [2.75, 3.05) is 0 Å². The first-order chi connectivity index (χ1) is 8.16. The van der Waals surface area contributed by atoms with Gasteiger partial charge in [0.2, 0.25) is 0 Å². The van der Waals surface area contributed by atoms with Gasteiger partial charge in [0.1, 0.15) is 11.5 Å². The number of amides is 1. The Morgan fingerprint density at radius 1 is 1.41 bits per heavy atom. The molecule has 0 spiro atoms. The molecule has 0 fully saturated rings. The van der Waals surface area contributed by atoms with Gasteiger partial charge >= 0.3 is 0 Å². The van der Waals surface area contributed by atoms with Crippen LogP contribution in [0.1, 0.15) is 16.1 Å². The van der Waals surface area contributed by atoms with Gasteiger partial charge in [-0.2, -0.15) is 0 Å². The summed E-state index contributed by atoms with van der Waals surface area (Å²) in [5.74, 6) is -0.767. The van der Waals surface area contributed by atoms with Crippen molar-refractivity contribution in [1.82, 2.24) is 15.3 Å². The smallest absolute Gasteiger partial charge is 0.255 e. The summed E-state index contributed by atoms with van der Waals surface area (Å²) < 4.78 is 0. The number of imidazole rings is 1. The van der Waals surface area contributed by atoms with E-state index >= 15 is 0 Å². The highest BCUT2D eigenvalue weighted by atomic mass is 16.3. The Balaban J connectivity index is 2.04. The van der Waals surface area contributed by atoms with E-state index in [2.05, 4.69) is 15.3 Å². The minimum Gasteiger partial charge on any atom is -0.508 e. The fraction of sp³-hybridized carbons (Fsp3) is 0.0909. The van der Waals surface area contributed by atoms with Crippen molar-refractivity contribution in [3.8, 4) is 11.5 Å². The number of rotatable bonds is 3. The van der Waals surface area contributed by atoms with Gasteiger partial charge in [0.05, 0.1) is 24.1 Å². The topological polar surface area (TPSA) is 98.2 Å². The molecular weight excluding hydrogens is 222 g/mol. The lowest BCUT2D eigenvalue weighted by molar-refractivity contribution is 0.0948. The van der Waals surface area contributed by atoms with Gasteiger partial charge < -0.3 is 20.5 Å². The summed E-state index contributed by atoms with van der Waals surface area (Å²) in [5.41, 5.74) is 0.874. The molecule has 6 heteroatoms. The Bertz CT molecular complexity index is 523. The normalized spacial score (nSPS) is 10.1. The Morgan fingerprint density at radius 2 is 2.24 bits per heavy atom. The number of H-pyrrole nitrogens is 1. The maximum Gasteiger partial charge on any atom is 0.255 e. The Morgan fingerprint density at radius 3 is 2.88 bits per heavy atom. The number of phenols is 2. The van der Waals surface area contributed by atoms with Crippen molar-refractivity contribution in [2.45, 2.75) is 6.54 Å². The van der Waals surface area contributed by atoms with Crippen LogP contribution in [0.5, 0.6) is 11.5 Å². The molecule has 1 amide bonds. The molecule has 0 aliphatic rings. The van der Waals surface area contributed by atoms with E-state index in [-0.39, 0.29) is 17.1 Å². The highest BCUT2D eigenvalue weighted by Crippen LogP contribution is 2.22. The summed E-state index contributed by atoms with van der Waals surface area (Å²) in [6.45, 7) is 0.291. The lowest BCUT2D eigenvalue weighted by Crippen LogP contribution is -2.22. The Hall–Kier alpha value is -2.50. The fourth-order valence-corrected chi connectivity index (χ4v) is 1.36. The van der Waals surface area contributed by atoms with Crippen LogP contribution in [0.2, 0.25) is 0 Å². The summed E-state index contributed by atoms with van der Waals surface area (Å²) >= 11 is 0. The van der Waals surface area contributed by atoms with Gasteiger partial charge in [-0.3, -0.25) is 4.79 Å². The number of aromatic amines is 1. The zero-order valence-corrected chi connectivity index (χ0v) is 8.84. The average molecular weight is 233 g/mol. The monoisotopic (exact) mass is 233 g/mol. The first-order valence-corrected chi connectivity index (χ1v) is 4.94. The summed E-state index contributed by atoms with van der Waals surface area (Å²) in [4.78, 5) is 18.3. The predicted molar refractivity (Wildman–Crippen MR) is 59.5 cm³/mol. The predicted octanol–water partition coefficient (Wildman–Crippen LogP) is 0.751. The summed E-state index contributed by atoms with van der Waals surface area (Å²) in [6.07, 6.45) is 3.11. The number of carbonyl (C=O) groups excluding carboxylic acids is 1. The van der Waals surface area contributed by atoms with E-state index in [9.17, 15) is 9.90 Å². The molecule has 2 rings (SSSR count). The van der Waals surface area contributed by atoms with Crippen LogP contribution in [0.4, 0.5) is 0 Å². The molecule has 0 unspecified atom stereocenters. The van der Waals surface area contributed by atoms with Gasteiger partial charge in [0, 0.05) is 12.3 Å². The van der Waals surface area contributed by atoms with Crippen molar-refractivity contribution >= 4 is 5.91 Å². The number of aromatic hydroxyl groups is 2. The minimum atomic E-state index is -0.419. The molecule has 2 aromatic rings. The van der Waals surface area contributed by atoms with Crippen LogP contribution in [0.3, 0.4) is 0 Å². The van der Waals surface area contributed by atoms with Crippen LogP contribution < -0.4 is 5.32 Å². The largest absolute Gasteiger partial charge is 0.508 e. The second kappa shape index (κ2) is 4.56. The molecular formula is C11H11N3O3. The number of nitrogens with one attached hydrogen (secondary N) is 2. The van der Waals surface area contributed by atoms with Crippen LogP contribution in [-0.2, 0) is 6.54 Å². The zero-order chi connectivity index (χ0) is 12.3. The SMILES string of the molecule is O=C(NCc1cnc[nH]1)c1ccc(O)cc1O. The lowest BCUT2D eigenvalue weighted by Gasteiger charge is -2.05. The number of nitrogens with zero attached hydrogens (tertiary/aromatic N) is 1. The standard InChI is InChI=1S/C11H11N3O3/c15-8-1-2-9(10(16)3-8)11(17)13-5-7-4-12-6-14-7/h1-4,6,15-16H,5H2,(H,12,14)(H,13,17). The van der Waals surface area contributed by atoms with Crippen molar-refractivity contribution in [1.29, 1.82) is 0 Å². The minimum absolute atomic E-state index is 0.0902. The van der Waals surface area contributed by atoms with Gasteiger partial charge in [-0.15, -0.1) is 0 Å². The van der Waals surface area contributed by atoms with Crippen molar-refractivity contribution in [3.63, 3.8) is 0 Å². The van der Waals surface area contributed by atoms with Crippen molar-refractivity contribution < 1.29 is 15.0 Å². The molecule has 0 saturated heterocycles. The molecule has 0 radical (unpaired) electrons. The molecule has 17 heavy (non-hydrogen) atoms. The van der Waals surface area contributed by atoms with E-state index in [4.69, 9.17) is 5.11 Å². The summed E-state index contributed by atoms with van der Waals surface area (Å²) in [6, 6.07) is 3.81. The van der Waals surface area contributed by atoms with Crippen LogP contribution in [-0.4, -0.2) is 26.1 Å². The van der Waals surface area contributed by atoms with Crippen LogP contribution >= 0.6 is 0 Å². The first-order valence-electron chi connectivity index (χ1n) is 4.94. The zero-order valence-electron chi connectivity index (χ0n) is 8.84. The molecule has 1 aromatic heterocycles. The van der Waals surface area contributed by atoms with Gasteiger partial charge in [0.25, 0.3) is 5.91 Å². The Labute approximate surface area is 96.9 Å². The number of phenolic OH excluding ortho intramolecular Hbond substituents is 2. The number of aromatic nitrogens is 2. The van der Waals surface area contributed by atoms with E-state index in [1.165, 1.54) is 18.5 Å². The molecule has 0 aliphatic carbocycles. The molecule has 4 N–H and O–H groups in total. The molecule has 1 aromatic carbocycles. The molecule has 0 atom stereocenters. The molecule has 0 saturated carbocycles. The third-order valence-corrected chi connectivity index (χ3v) is 2.22. The maximum atomic E-state index is 11.7. The Kier molecular flexibility index (Phi) is 2.95. The highest BCUT2D eigenvalue weighted by Gasteiger charge is 2.11. The second-order valence-electron chi connectivity index (χ2n) is 3.46. The van der Waals surface area contributed by atoms with E-state index in [0.29, 0.717) is 6.54 Å². The number of benzene rings is 1. The lowest BCUT2D eigenvalue weighted by atomic mass is 10.2. The highest BCUT2D eigenvalue weighted by molar-refractivity contribution is 5.96. The quantitative estimate of drug-likeness (QED) is 0.628. The van der Waals surface area contributed by atoms with Crippen molar-refractivity contribution in [3.05, 3.63) is 42.0 Å². The second-order valence-corrected chi connectivity index (χ2v) is 3.46. The van der Waals surface area contributed by atoms with E-state index in [0.717, 1.165) is 11.8 Å². The third kappa shape index (κ3) is 2.54.